The third-order valence-electron chi connectivity index (χ3n) is 5.85. The van der Waals surface area contributed by atoms with Gasteiger partial charge in [0.15, 0.2) is 0 Å². The minimum atomic E-state index is 0.178. The summed E-state index contributed by atoms with van der Waals surface area (Å²) in [5.41, 5.74) is 0. The van der Waals surface area contributed by atoms with Gasteiger partial charge in [-0.1, -0.05) is 0 Å². The zero-order valence-electron chi connectivity index (χ0n) is 15.4. The van der Waals surface area contributed by atoms with Gasteiger partial charge < -0.3 is 9.88 Å². The van der Waals surface area contributed by atoms with Crippen molar-refractivity contribution in [3.63, 3.8) is 0 Å². The van der Waals surface area contributed by atoms with E-state index >= 15 is 0 Å². The molecule has 138 valence electrons. The number of nitrogens with zero attached hydrogens (tertiary/aromatic N) is 5. The van der Waals surface area contributed by atoms with Crippen LogP contribution in [0.5, 0.6) is 0 Å². The van der Waals surface area contributed by atoms with Crippen molar-refractivity contribution in [1.29, 1.82) is 0 Å². The average Bonchev–Trinajstić information content (AvgIpc) is 3.51. The highest BCUT2D eigenvalue weighted by atomic mass is 16.2. The van der Waals surface area contributed by atoms with Crippen molar-refractivity contribution in [1.82, 2.24) is 29.9 Å². The smallest absolute Gasteiger partial charge is 0.234 e. The summed E-state index contributed by atoms with van der Waals surface area (Å²) in [4.78, 5) is 16.7. The molecule has 0 bridgehead atoms. The summed E-state index contributed by atoms with van der Waals surface area (Å²) in [6.45, 7) is 4.18. The highest BCUT2D eigenvalue weighted by molar-refractivity contribution is 5.78. The Morgan fingerprint density at radius 3 is 2.76 bits per heavy atom. The maximum atomic E-state index is 12.0. The van der Waals surface area contributed by atoms with Crippen molar-refractivity contribution in [2.45, 2.75) is 50.6 Å². The summed E-state index contributed by atoms with van der Waals surface area (Å²) in [6.07, 6.45) is 6.17. The van der Waals surface area contributed by atoms with Crippen molar-refractivity contribution in [2.75, 3.05) is 33.2 Å². The number of carbonyl (C=O) groups excluding carboxylic acids is 1. The van der Waals surface area contributed by atoms with Crippen molar-refractivity contribution >= 4 is 5.91 Å². The number of likely N-dealkylation sites (tertiary alicyclic amines) is 1. The Morgan fingerprint density at radius 2 is 2.04 bits per heavy atom. The number of amides is 1. The molecule has 7 nitrogen and oxygen atoms in total. The van der Waals surface area contributed by atoms with Crippen LogP contribution in [0.4, 0.5) is 0 Å². The van der Waals surface area contributed by atoms with Crippen molar-refractivity contribution in [3.8, 4) is 0 Å². The van der Waals surface area contributed by atoms with E-state index in [1.165, 1.54) is 25.7 Å². The summed E-state index contributed by atoms with van der Waals surface area (Å²) < 4.78 is 2.17. The van der Waals surface area contributed by atoms with Crippen LogP contribution >= 0.6 is 0 Å². The van der Waals surface area contributed by atoms with Crippen molar-refractivity contribution in [3.05, 3.63) is 11.6 Å². The normalized spacial score (nSPS) is 24.2. The minimum absolute atomic E-state index is 0.178. The molecule has 1 saturated heterocycles. The zero-order chi connectivity index (χ0) is 17.4. The van der Waals surface area contributed by atoms with Crippen molar-refractivity contribution in [2.24, 2.45) is 13.0 Å². The van der Waals surface area contributed by atoms with E-state index in [2.05, 4.69) is 44.0 Å². The minimum Gasteiger partial charge on any atom is -0.355 e. The van der Waals surface area contributed by atoms with Crippen LogP contribution in [-0.4, -0.2) is 69.7 Å². The lowest BCUT2D eigenvalue weighted by atomic mass is 10.2. The van der Waals surface area contributed by atoms with E-state index in [-0.39, 0.29) is 5.91 Å². The fourth-order valence-electron chi connectivity index (χ4n) is 3.72. The van der Waals surface area contributed by atoms with E-state index in [1.807, 2.05) is 0 Å². The summed E-state index contributed by atoms with van der Waals surface area (Å²) in [6, 6.07) is 0.484. The number of hydrogen-bond acceptors (Lipinski definition) is 5. The van der Waals surface area contributed by atoms with E-state index in [0.29, 0.717) is 18.5 Å². The molecule has 0 radical (unpaired) electrons. The lowest BCUT2D eigenvalue weighted by molar-refractivity contribution is -0.122. The molecule has 2 aliphatic carbocycles. The number of likely N-dealkylation sites (N-methyl/N-ethyl adjacent to an activating group) is 1. The highest BCUT2D eigenvalue weighted by Crippen LogP contribution is 2.38. The summed E-state index contributed by atoms with van der Waals surface area (Å²) >= 11 is 0. The van der Waals surface area contributed by atoms with Crippen LogP contribution in [0.2, 0.25) is 0 Å². The van der Waals surface area contributed by atoms with Gasteiger partial charge in [0.25, 0.3) is 0 Å². The average molecular weight is 346 g/mol. The molecule has 1 atom stereocenters. The number of rotatable bonds is 8. The first-order valence-electron chi connectivity index (χ1n) is 9.67. The highest BCUT2D eigenvalue weighted by Gasteiger charge is 2.31. The van der Waals surface area contributed by atoms with Crippen molar-refractivity contribution < 1.29 is 4.79 Å². The first-order valence-corrected chi connectivity index (χ1v) is 9.67. The number of nitrogens with one attached hydrogen (secondary N) is 1. The first-order chi connectivity index (χ1) is 12.1. The topological polar surface area (TPSA) is 66.3 Å². The van der Waals surface area contributed by atoms with Gasteiger partial charge in [0, 0.05) is 38.6 Å². The Hall–Kier alpha value is -1.47. The summed E-state index contributed by atoms with van der Waals surface area (Å²) in [7, 11) is 4.24. The number of hydrogen-bond donors (Lipinski definition) is 1. The molecule has 0 spiro atoms. The van der Waals surface area contributed by atoms with E-state index in [4.69, 9.17) is 0 Å². The molecular formula is C18H30N6O. The largest absolute Gasteiger partial charge is 0.355 e. The molecule has 2 saturated carbocycles. The van der Waals surface area contributed by atoms with Crippen LogP contribution in [0.1, 0.15) is 49.7 Å². The fourth-order valence-corrected chi connectivity index (χ4v) is 3.72. The van der Waals surface area contributed by atoms with E-state index in [1.54, 1.807) is 0 Å². The fraction of sp³-hybridized carbons (Fsp3) is 0.833. The standard InChI is InChI=1S/C18H30N6O/c1-22(11-16-20-21-18(23(16)2)14-5-6-14)15-7-8-24(10-15)12-17(25)19-9-13-3-4-13/h13-15H,3-12H2,1-2H3,(H,19,25). The molecule has 1 aliphatic heterocycles. The molecule has 1 aromatic heterocycles. The van der Waals surface area contributed by atoms with E-state index in [0.717, 1.165) is 50.2 Å². The Kier molecular flexibility index (Phi) is 4.78. The third-order valence-corrected chi connectivity index (χ3v) is 5.85. The molecule has 0 aromatic carbocycles. The van der Waals surface area contributed by atoms with E-state index in [9.17, 15) is 4.79 Å². The van der Waals surface area contributed by atoms with Gasteiger partial charge >= 0.3 is 0 Å². The monoisotopic (exact) mass is 346 g/mol. The van der Waals surface area contributed by atoms with Gasteiger partial charge in [0.2, 0.25) is 5.91 Å². The summed E-state index contributed by atoms with van der Waals surface area (Å²) in [5.74, 6) is 3.74. The van der Waals surface area contributed by atoms with Crippen LogP contribution in [0, 0.1) is 5.92 Å². The Bertz CT molecular complexity index is 621. The molecule has 2 heterocycles. The second-order valence-electron chi connectivity index (χ2n) is 8.15. The Morgan fingerprint density at radius 1 is 1.24 bits per heavy atom. The zero-order valence-corrected chi connectivity index (χ0v) is 15.4. The molecule has 1 unspecified atom stereocenters. The predicted molar refractivity (Wildman–Crippen MR) is 95.0 cm³/mol. The lowest BCUT2D eigenvalue weighted by Gasteiger charge is -2.24. The van der Waals surface area contributed by atoms with Gasteiger partial charge in [-0.05, 0) is 45.1 Å². The van der Waals surface area contributed by atoms with Crippen LogP contribution in [0.15, 0.2) is 0 Å². The number of aromatic nitrogens is 3. The molecular weight excluding hydrogens is 316 g/mol. The van der Waals surface area contributed by atoms with Crippen LogP contribution in [-0.2, 0) is 18.4 Å². The molecule has 3 fully saturated rings. The van der Waals surface area contributed by atoms with Gasteiger partial charge in [-0.2, -0.15) is 0 Å². The molecule has 25 heavy (non-hydrogen) atoms. The van der Waals surface area contributed by atoms with Gasteiger partial charge in [0.1, 0.15) is 11.6 Å². The second-order valence-corrected chi connectivity index (χ2v) is 8.15. The molecule has 1 N–H and O–H groups in total. The maximum absolute atomic E-state index is 12.0. The third kappa shape index (κ3) is 4.20. The molecule has 3 aliphatic rings. The Balaban J connectivity index is 1.24. The molecule has 1 aromatic rings. The second kappa shape index (κ2) is 7.03. The number of carbonyl (C=O) groups is 1. The van der Waals surface area contributed by atoms with Gasteiger partial charge in [0.05, 0.1) is 13.1 Å². The summed E-state index contributed by atoms with van der Waals surface area (Å²) in [5, 5.41) is 11.8. The quantitative estimate of drug-likeness (QED) is 0.751. The van der Waals surface area contributed by atoms with E-state index < -0.39 is 0 Å². The van der Waals surface area contributed by atoms with Crippen LogP contribution in [0.25, 0.3) is 0 Å². The molecule has 4 rings (SSSR count). The molecule has 7 heteroatoms. The Labute approximate surface area is 149 Å². The predicted octanol–water partition coefficient (Wildman–Crippen LogP) is 0.725. The van der Waals surface area contributed by atoms with Crippen LogP contribution in [0.3, 0.4) is 0 Å². The lowest BCUT2D eigenvalue weighted by Crippen LogP contribution is -2.39. The first kappa shape index (κ1) is 17.0. The SMILES string of the molecule is CN(Cc1nnc(C2CC2)n1C)C1CCN(CC(=O)NCC2CC2)C1. The van der Waals surface area contributed by atoms with Crippen LogP contribution < -0.4 is 5.32 Å². The molecule has 1 amide bonds. The van der Waals surface area contributed by atoms with Gasteiger partial charge in [-0.25, -0.2) is 0 Å². The van der Waals surface area contributed by atoms with Gasteiger partial charge in [-0.15, -0.1) is 10.2 Å². The maximum Gasteiger partial charge on any atom is 0.234 e. The van der Waals surface area contributed by atoms with Gasteiger partial charge in [-0.3, -0.25) is 14.6 Å².